The zero-order valence-corrected chi connectivity index (χ0v) is 16.1. The summed E-state index contributed by atoms with van der Waals surface area (Å²) in [7, 11) is 1.56. The molecule has 0 radical (unpaired) electrons. The molecule has 2 heterocycles. The molecular formula is C22H26N2O4. The summed E-state index contributed by atoms with van der Waals surface area (Å²) >= 11 is 0. The van der Waals surface area contributed by atoms with E-state index in [4.69, 9.17) is 14.2 Å². The van der Waals surface area contributed by atoms with Crippen LogP contribution in [0.15, 0.2) is 42.5 Å². The molecule has 2 aliphatic heterocycles. The number of phenols is 1. The summed E-state index contributed by atoms with van der Waals surface area (Å²) in [6, 6.07) is 11.8. The van der Waals surface area contributed by atoms with Gasteiger partial charge in [-0.25, -0.2) is 0 Å². The first kappa shape index (κ1) is 18.5. The number of aromatic hydroxyl groups is 1. The van der Waals surface area contributed by atoms with Crippen LogP contribution < -0.4 is 19.5 Å². The second-order valence-corrected chi connectivity index (χ2v) is 7.14. The summed E-state index contributed by atoms with van der Waals surface area (Å²) in [4.78, 5) is 2.45. The first-order valence-corrected chi connectivity index (χ1v) is 9.63. The number of phenolic OH excluding ortho intramolecular Hbond substituents is 1. The van der Waals surface area contributed by atoms with Gasteiger partial charge >= 0.3 is 0 Å². The van der Waals surface area contributed by atoms with Gasteiger partial charge in [0.15, 0.2) is 23.0 Å². The van der Waals surface area contributed by atoms with Crippen LogP contribution in [0.25, 0.3) is 6.08 Å². The van der Waals surface area contributed by atoms with Crippen molar-refractivity contribution < 1.29 is 19.3 Å². The predicted molar refractivity (Wildman–Crippen MR) is 109 cm³/mol. The summed E-state index contributed by atoms with van der Waals surface area (Å²) in [5.41, 5.74) is 2.09. The first-order valence-electron chi connectivity index (χ1n) is 9.63. The van der Waals surface area contributed by atoms with Crippen molar-refractivity contribution in [3.63, 3.8) is 0 Å². The summed E-state index contributed by atoms with van der Waals surface area (Å²) in [5.74, 6) is 2.28. The van der Waals surface area contributed by atoms with Crippen molar-refractivity contribution in [3.05, 3.63) is 48.0 Å². The second kappa shape index (κ2) is 8.44. The molecule has 6 nitrogen and oxygen atoms in total. The number of piperidine rings is 1. The normalized spacial score (nSPS) is 19.1. The van der Waals surface area contributed by atoms with E-state index in [1.807, 2.05) is 30.3 Å². The quantitative estimate of drug-likeness (QED) is 0.794. The Labute approximate surface area is 165 Å². The minimum atomic E-state index is 0.160. The van der Waals surface area contributed by atoms with Crippen molar-refractivity contribution >= 4 is 11.8 Å². The predicted octanol–water partition coefficient (Wildman–Crippen LogP) is 3.72. The number of fused-ring (bicyclic) bond motifs is 1. The molecule has 0 bridgehead atoms. The summed E-state index contributed by atoms with van der Waals surface area (Å²) in [5, 5.41) is 13.3. The number of ether oxygens (including phenoxy) is 3. The maximum atomic E-state index is 9.69. The zero-order valence-electron chi connectivity index (χ0n) is 16.1. The lowest BCUT2D eigenvalue weighted by Crippen LogP contribution is -2.42. The van der Waals surface area contributed by atoms with Gasteiger partial charge in [0, 0.05) is 30.9 Å². The molecule has 6 heteroatoms. The second-order valence-electron chi connectivity index (χ2n) is 7.14. The minimum Gasteiger partial charge on any atom is -0.504 e. The molecule has 0 amide bonds. The van der Waals surface area contributed by atoms with Crippen molar-refractivity contribution in [2.75, 3.05) is 38.9 Å². The Morgan fingerprint density at radius 1 is 1.21 bits per heavy atom. The van der Waals surface area contributed by atoms with E-state index in [1.54, 1.807) is 13.2 Å². The molecule has 0 aliphatic carbocycles. The Kier molecular flexibility index (Phi) is 5.58. The average Bonchev–Trinajstić information content (AvgIpc) is 3.17. The molecule has 1 unspecified atom stereocenters. The lowest BCUT2D eigenvalue weighted by molar-refractivity contribution is 0.174. The molecule has 2 N–H and O–H groups in total. The highest BCUT2D eigenvalue weighted by atomic mass is 16.7. The molecular weight excluding hydrogens is 356 g/mol. The van der Waals surface area contributed by atoms with E-state index in [-0.39, 0.29) is 5.75 Å². The van der Waals surface area contributed by atoms with Crippen LogP contribution in [0, 0.1) is 0 Å². The van der Waals surface area contributed by atoms with Gasteiger partial charge in [0.1, 0.15) is 0 Å². The summed E-state index contributed by atoms with van der Waals surface area (Å²) in [6.45, 7) is 3.29. The number of anilines is 1. The largest absolute Gasteiger partial charge is 0.504 e. The van der Waals surface area contributed by atoms with Crippen LogP contribution >= 0.6 is 0 Å². The number of rotatable bonds is 6. The van der Waals surface area contributed by atoms with E-state index < -0.39 is 0 Å². The number of hydrogen-bond donors (Lipinski definition) is 2. The SMILES string of the molecule is COc1cc(/C=C/CN2CCCC(Nc3ccc4c(c3)OCO4)C2)ccc1O. The van der Waals surface area contributed by atoms with Crippen LogP contribution in [-0.4, -0.2) is 49.6 Å². The van der Waals surface area contributed by atoms with Gasteiger partial charge in [-0.05, 0) is 49.2 Å². The van der Waals surface area contributed by atoms with Gasteiger partial charge in [0.2, 0.25) is 6.79 Å². The topological polar surface area (TPSA) is 63.2 Å². The number of likely N-dealkylation sites (tertiary alicyclic amines) is 1. The van der Waals surface area contributed by atoms with Crippen LogP contribution in [0.3, 0.4) is 0 Å². The number of methoxy groups -OCH3 is 1. The Balaban J connectivity index is 1.31. The molecule has 148 valence electrons. The maximum absolute atomic E-state index is 9.69. The van der Waals surface area contributed by atoms with Gasteiger partial charge in [-0.3, -0.25) is 4.90 Å². The van der Waals surface area contributed by atoms with E-state index >= 15 is 0 Å². The zero-order chi connectivity index (χ0) is 19.3. The van der Waals surface area contributed by atoms with Gasteiger partial charge in [0.25, 0.3) is 0 Å². The van der Waals surface area contributed by atoms with Crippen LogP contribution in [0.5, 0.6) is 23.0 Å². The Hall–Kier alpha value is -2.86. The third kappa shape index (κ3) is 4.34. The van der Waals surface area contributed by atoms with Crippen molar-refractivity contribution in [1.82, 2.24) is 4.90 Å². The average molecular weight is 382 g/mol. The van der Waals surface area contributed by atoms with Gasteiger partial charge in [-0.15, -0.1) is 0 Å². The monoisotopic (exact) mass is 382 g/mol. The highest BCUT2D eigenvalue weighted by Gasteiger charge is 2.20. The highest BCUT2D eigenvalue weighted by Crippen LogP contribution is 2.34. The Morgan fingerprint density at radius 2 is 2.11 bits per heavy atom. The molecule has 0 aromatic heterocycles. The fraction of sp³-hybridized carbons (Fsp3) is 0.364. The van der Waals surface area contributed by atoms with Crippen molar-refractivity contribution in [2.45, 2.75) is 18.9 Å². The highest BCUT2D eigenvalue weighted by molar-refractivity contribution is 5.56. The molecule has 0 spiro atoms. The summed E-state index contributed by atoms with van der Waals surface area (Å²) < 4.78 is 16.0. The fourth-order valence-electron chi connectivity index (χ4n) is 3.70. The van der Waals surface area contributed by atoms with Crippen LogP contribution in [-0.2, 0) is 0 Å². The third-order valence-electron chi connectivity index (χ3n) is 5.13. The molecule has 1 fully saturated rings. The number of nitrogens with zero attached hydrogens (tertiary/aromatic N) is 1. The fourth-order valence-corrected chi connectivity index (χ4v) is 3.70. The lowest BCUT2D eigenvalue weighted by Gasteiger charge is -2.33. The van der Waals surface area contributed by atoms with Crippen molar-refractivity contribution in [2.24, 2.45) is 0 Å². The van der Waals surface area contributed by atoms with Crippen LogP contribution in [0.2, 0.25) is 0 Å². The smallest absolute Gasteiger partial charge is 0.231 e. The number of hydrogen-bond acceptors (Lipinski definition) is 6. The Morgan fingerprint density at radius 3 is 3.00 bits per heavy atom. The van der Waals surface area contributed by atoms with Crippen molar-refractivity contribution in [1.29, 1.82) is 0 Å². The standard InChI is InChI=1S/C22H26N2O4/c1-26-21-12-16(6-8-19(21)25)4-2-10-24-11-3-5-18(14-24)23-17-7-9-20-22(13-17)28-15-27-20/h2,4,6-9,12-13,18,23,25H,3,5,10-11,14-15H2,1H3/b4-2+. The molecule has 2 aromatic carbocycles. The molecule has 4 rings (SSSR count). The third-order valence-corrected chi connectivity index (χ3v) is 5.13. The van der Waals surface area contributed by atoms with Gasteiger partial charge in [-0.2, -0.15) is 0 Å². The van der Waals surface area contributed by atoms with E-state index in [0.29, 0.717) is 18.6 Å². The van der Waals surface area contributed by atoms with Gasteiger partial charge < -0.3 is 24.6 Å². The van der Waals surface area contributed by atoms with Gasteiger partial charge in [-0.1, -0.05) is 18.2 Å². The molecule has 0 saturated carbocycles. The molecule has 2 aliphatic rings. The van der Waals surface area contributed by atoms with Crippen LogP contribution in [0.4, 0.5) is 5.69 Å². The summed E-state index contributed by atoms with van der Waals surface area (Å²) in [6.07, 6.45) is 6.55. The molecule has 1 atom stereocenters. The Bertz CT molecular complexity index is 852. The molecule has 1 saturated heterocycles. The van der Waals surface area contributed by atoms with E-state index in [1.165, 1.54) is 6.42 Å². The number of benzene rings is 2. The molecule has 2 aromatic rings. The van der Waals surface area contributed by atoms with Crippen molar-refractivity contribution in [3.8, 4) is 23.0 Å². The maximum Gasteiger partial charge on any atom is 0.231 e. The lowest BCUT2D eigenvalue weighted by atomic mass is 10.0. The number of nitrogens with one attached hydrogen (secondary N) is 1. The molecule has 28 heavy (non-hydrogen) atoms. The minimum absolute atomic E-state index is 0.160. The van der Waals surface area contributed by atoms with E-state index in [2.05, 4.69) is 22.4 Å². The van der Waals surface area contributed by atoms with E-state index in [9.17, 15) is 5.11 Å². The first-order chi connectivity index (χ1) is 13.7. The van der Waals surface area contributed by atoms with Gasteiger partial charge in [0.05, 0.1) is 7.11 Å². The van der Waals surface area contributed by atoms with E-state index in [0.717, 1.165) is 48.8 Å². The van der Waals surface area contributed by atoms with Crippen LogP contribution in [0.1, 0.15) is 18.4 Å².